The molecule has 0 aromatic carbocycles. The third-order valence-electron chi connectivity index (χ3n) is 4.99. The molecular weight excluding hydrogens is 310 g/mol. The first kappa shape index (κ1) is 14.9. The highest BCUT2D eigenvalue weighted by molar-refractivity contribution is 7.22. The summed E-state index contributed by atoms with van der Waals surface area (Å²) < 4.78 is 3.01. The maximum atomic E-state index is 12.7. The summed E-state index contributed by atoms with van der Waals surface area (Å²) in [6.07, 6.45) is 4.40. The predicted molar refractivity (Wildman–Crippen MR) is 91.9 cm³/mol. The standard InChI is InChI=1S/C16H23N5OS/c1-11-13-14(19(2)18-11)17-16(23-13)21-9-5-6-12(10-21)15(22)20-7-3-4-8-20/h12H,3-10H2,1-2H3/t12-/m0/s1. The van der Waals surface area contributed by atoms with Gasteiger partial charge in [-0.2, -0.15) is 5.10 Å². The van der Waals surface area contributed by atoms with Crippen molar-refractivity contribution in [3.8, 4) is 0 Å². The Hall–Kier alpha value is -1.63. The predicted octanol–water partition coefficient (Wildman–Crippen LogP) is 2.18. The maximum absolute atomic E-state index is 12.7. The Morgan fingerprint density at radius 3 is 2.74 bits per heavy atom. The summed E-state index contributed by atoms with van der Waals surface area (Å²) in [6.45, 7) is 5.72. The molecule has 0 N–H and O–H groups in total. The molecule has 0 radical (unpaired) electrons. The summed E-state index contributed by atoms with van der Waals surface area (Å²) in [5.74, 6) is 0.485. The van der Waals surface area contributed by atoms with Crippen LogP contribution >= 0.6 is 11.3 Å². The Morgan fingerprint density at radius 2 is 2.00 bits per heavy atom. The van der Waals surface area contributed by atoms with Crippen LogP contribution in [0.15, 0.2) is 0 Å². The van der Waals surface area contributed by atoms with Crippen LogP contribution in [0.4, 0.5) is 5.13 Å². The van der Waals surface area contributed by atoms with Crippen molar-refractivity contribution in [3.63, 3.8) is 0 Å². The maximum Gasteiger partial charge on any atom is 0.227 e. The molecule has 2 fully saturated rings. The molecule has 23 heavy (non-hydrogen) atoms. The van der Waals surface area contributed by atoms with E-state index in [4.69, 9.17) is 4.98 Å². The van der Waals surface area contributed by atoms with Crippen molar-refractivity contribution in [2.45, 2.75) is 32.6 Å². The third kappa shape index (κ3) is 2.60. The molecule has 6 nitrogen and oxygen atoms in total. The first-order chi connectivity index (χ1) is 11.1. The smallest absolute Gasteiger partial charge is 0.227 e. The van der Waals surface area contributed by atoms with Crippen LogP contribution in [0.25, 0.3) is 10.3 Å². The monoisotopic (exact) mass is 333 g/mol. The zero-order valence-electron chi connectivity index (χ0n) is 13.8. The number of anilines is 1. The first-order valence-corrected chi connectivity index (χ1v) is 9.29. The average Bonchev–Trinajstić information content (AvgIpc) is 3.27. The number of thiazole rings is 1. The van der Waals surface area contributed by atoms with Gasteiger partial charge in [0, 0.05) is 33.2 Å². The van der Waals surface area contributed by atoms with Crippen molar-refractivity contribution in [2.75, 3.05) is 31.1 Å². The molecule has 0 saturated carbocycles. The van der Waals surface area contributed by atoms with Gasteiger partial charge in [0.2, 0.25) is 5.91 Å². The number of aromatic nitrogens is 3. The van der Waals surface area contributed by atoms with Gasteiger partial charge in [0.15, 0.2) is 10.8 Å². The van der Waals surface area contributed by atoms with E-state index in [-0.39, 0.29) is 5.92 Å². The van der Waals surface area contributed by atoms with E-state index in [0.717, 1.165) is 73.0 Å². The number of likely N-dealkylation sites (tertiary alicyclic amines) is 1. The number of amides is 1. The fraction of sp³-hybridized carbons (Fsp3) is 0.688. The molecule has 2 aromatic rings. The molecule has 2 aliphatic heterocycles. The topological polar surface area (TPSA) is 54.3 Å². The van der Waals surface area contributed by atoms with E-state index in [0.29, 0.717) is 5.91 Å². The molecule has 1 amide bonds. The molecule has 4 rings (SSSR count). The Labute approximate surface area is 140 Å². The SMILES string of the molecule is Cc1nn(C)c2nc(N3CCC[C@H](C(=O)N4CCCC4)C3)sc12. The second-order valence-corrected chi connectivity index (χ2v) is 7.65. The number of fused-ring (bicyclic) bond motifs is 1. The van der Waals surface area contributed by atoms with E-state index < -0.39 is 0 Å². The largest absolute Gasteiger partial charge is 0.347 e. The van der Waals surface area contributed by atoms with Gasteiger partial charge >= 0.3 is 0 Å². The zero-order chi connectivity index (χ0) is 16.0. The van der Waals surface area contributed by atoms with Crippen LogP contribution < -0.4 is 4.90 Å². The highest BCUT2D eigenvalue weighted by atomic mass is 32.1. The number of hydrogen-bond donors (Lipinski definition) is 0. The molecular formula is C16H23N5OS. The second-order valence-electron chi connectivity index (χ2n) is 6.68. The first-order valence-electron chi connectivity index (χ1n) is 8.47. The van der Waals surface area contributed by atoms with Crippen molar-refractivity contribution >= 4 is 32.7 Å². The minimum Gasteiger partial charge on any atom is -0.347 e. The van der Waals surface area contributed by atoms with Gasteiger partial charge < -0.3 is 9.80 Å². The minimum atomic E-state index is 0.132. The fourth-order valence-corrected chi connectivity index (χ4v) is 4.82. The van der Waals surface area contributed by atoms with Crippen LogP contribution in [-0.4, -0.2) is 51.8 Å². The summed E-state index contributed by atoms with van der Waals surface area (Å²) in [7, 11) is 1.94. The van der Waals surface area contributed by atoms with Gasteiger partial charge in [0.1, 0.15) is 0 Å². The Morgan fingerprint density at radius 1 is 1.22 bits per heavy atom. The van der Waals surface area contributed by atoms with E-state index in [1.165, 1.54) is 0 Å². The van der Waals surface area contributed by atoms with E-state index in [1.807, 2.05) is 18.7 Å². The number of nitrogens with zero attached hydrogens (tertiary/aromatic N) is 5. The molecule has 0 bridgehead atoms. The Kier molecular flexibility index (Phi) is 3.75. The van der Waals surface area contributed by atoms with E-state index in [9.17, 15) is 4.79 Å². The molecule has 2 aliphatic rings. The van der Waals surface area contributed by atoms with Crippen LogP contribution in [-0.2, 0) is 11.8 Å². The quantitative estimate of drug-likeness (QED) is 0.845. The lowest BCUT2D eigenvalue weighted by Gasteiger charge is -2.33. The van der Waals surface area contributed by atoms with Crippen molar-refractivity contribution in [1.29, 1.82) is 0 Å². The molecule has 0 unspecified atom stereocenters. The molecule has 1 atom stereocenters. The minimum absolute atomic E-state index is 0.132. The van der Waals surface area contributed by atoms with Crippen molar-refractivity contribution in [3.05, 3.63) is 5.69 Å². The Bertz CT molecular complexity index is 696. The van der Waals surface area contributed by atoms with Gasteiger partial charge in [-0.25, -0.2) is 9.67 Å². The molecule has 7 heteroatoms. The van der Waals surface area contributed by atoms with Crippen LogP contribution in [0, 0.1) is 12.8 Å². The van der Waals surface area contributed by atoms with Crippen LogP contribution in [0.1, 0.15) is 31.4 Å². The molecule has 124 valence electrons. The molecule has 2 aromatic heterocycles. The van der Waals surface area contributed by atoms with Gasteiger partial charge in [-0.1, -0.05) is 11.3 Å². The summed E-state index contributed by atoms with van der Waals surface area (Å²) >= 11 is 1.70. The number of rotatable bonds is 2. The number of hydrogen-bond acceptors (Lipinski definition) is 5. The zero-order valence-corrected chi connectivity index (χ0v) is 14.6. The summed E-state index contributed by atoms with van der Waals surface area (Å²) in [5.41, 5.74) is 1.99. The molecule has 2 saturated heterocycles. The number of aryl methyl sites for hydroxylation is 2. The third-order valence-corrected chi connectivity index (χ3v) is 6.21. The molecule has 0 aliphatic carbocycles. The second kappa shape index (κ2) is 5.78. The van der Waals surface area contributed by atoms with E-state index >= 15 is 0 Å². The average molecular weight is 333 g/mol. The normalized spacial score (nSPS) is 22.3. The van der Waals surface area contributed by atoms with Crippen LogP contribution in [0.3, 0.4) is 0 Å². The van der Waals surface area contributed by atoms with E-state index in [2.05, 4.69) is 14.9 Å². The van der Waals surface area contributed by atoms with Gasteiger partial charge in [0.05, 0.1) is 16.3 Å². The van der Waals surface area contributed by atoms with Crippen molar-refractivity contribution in [1.82, 2.24) is 19.7 Å². The van der Waals surface area contributed by atoms with Gasteiger partial charge in [-0.3, -0.25) is 4.79 Å². The van der Waals surface area contributed by atoms with Crippen molar-refractivity contribution < 1.29 is 4.79 Å². The summed E-state index contributed by atoms with van der Waals surface area (Å²) in [5, 5.41) is 5.45. The van der Waals surface area contributed by atoms with Gasteiger partial charge in [-0.15, -0.1) is 0 Å². The summed E-state index contributed by atoms with van der Waals surface area (Å²) in [4.78, 5) is 21.8. The molecule has 4 heterocycles. The fourth-order valence-electron chi connectivity index (χ4n) is 3.76. The van der Waals surface area contributed by atoms with Gasteiger partial charge in [0.25, 0.3) is 0 Å². The lowest BCUT2D eigenvalue weighted by atomic mass is 9.97. The highest BCUT2D eigenvalue weighted by Crippen LogP contribution is 2.33. The lowest BCUT2D eigenvalue weighted by Crippen LogP contribution is -2.44. The van der Waals surface area contributed by atoms with Crippen LogP contribution in [0.2, 0.25) is 0 Å². The van der Waals surface area contributed by atoms with Crippen LogP contribution in [0.5, 0.6) is 0 Å². The van der Waals surface area contributed by atoms with E-state index in [1.54, 1.807) is 11.3 Å². The number of carbonyl (C=O) groups is 1. The number of carbonyl (C=O) groups excluding carboxylic acids is 1. The molecule has 0 spiro atoms. The van der Waals surface area contributed by atoms with Gasteiger partial charge in [-0.05, 0) is 32.6 Å². The lowest BCUT2D eigenvalue weighted by molar-refractivity contribution is -0.134. The van der Waals surface area contributed by atoms with Crippen molar-refractivity contribution in [2.24, 2.45) is 13.0 Å². The highest BCUT2D eigenvalue weighted by Gasteiger charge is 2.31. The summed E-state index contributed by atoms with van der Waals surface area (Å²) in [6, 6.07) is 0. The Balaban J connectivity index is 1.53. The number of piperidine rings is 1.